The highest BCUT2D eigenvalue weighted by molar-refractivity contribution is 6.31. The standard InChI is InChI=1S/C16H15ClN2O3/c1-9-18-13-7-10(17)5-6-12(13)16(22)19(9)14-4-2-3-11(20)8-15(14)21/h5-7,14H,2-4,8H2,1H3/t14-/m0/s1/i3D2,14D. The number of aromatic nitrogens is 2. The van der Waals surface area contributed by atoms with Gasteiger partial charge in [-0.05, 0) is 38.0 Å². The van der Waals surface area contributed by atoms with Crippen molar-refractivity contribution in [2.45, 2.75) is 38.6 Å². The summed E-state index contributed by atoms with van der Waals surface area (Å²) in [4.78, 5) is 41.6. The first-order chi connectivity index (χ1) is 11.6. The monoisotopic (exact) mass is 321 g/mol. The molecular formula is C16H15ClN2O3. The maximum atomic E-state index is 12.9. The molecule has 114 valence electrons. The van der Waals surface area contributed by atoms with Gasteiger partial charge < -0.3 is 0 Å². The van der Waals surface area contributed by atoms with E-state index in [4.69, 9.17) is 15.7 Å². The molecule has 0 saturated heterocycles. The van der Waals surface area contributed by atoms with Crippen molar-refractivity contribution in [1.82, 2.24) is 9.55 Å². The lowest BCUT2D eigenvalue weighted by molar-refractivity contribution is -0.127. The van der Waals surface area contributed by atoms with Gasteiger partial charge >= 0.3 is 0 Å². The van der Waals surface area contributed by atoms with Crippen molar-refractivity contribution in [3.8, 4) is 0 Å². The molecule has 0 aliphatic heterocycles. The average Bonchev–Trinajstić information content (AvgIpc) is 2.58. The molecule has 22 heavy (non-hydrogen) atoms. The van der Waals surface area contributed by atoms with E-state index in [9.17, 15) is 14.4 Å². The average molecular weight is 322 g/mol. The van der Waals surface area contributed by atoms with Gasteiger partial charge in [-0.1, -0.05) is 11.6 Å². The molecular weight excluding hydrogens is 304 g/mol. The number of hydrogen-bond acceptors (Lipinski definition) is 4. The molecule has 1 aromatic heterocycles. The summed E-state index contributed by atoms with van der Waals surface area (Å²) in [7, 11) is 0. The van der Waals surface area contributed by atoms with Crippen LogP contribution >= 0.6 is 11.6 Å². The summed E-state index contributed by atoms with van der Waals surface area (Å²) in [6, 6.07) is 2.43. The lowest BCUT2D eigenvalue weighted by Gasteiger charge is -2.19. The van der Waals surface area contributed by atoms with E-state index < -0.39 is 35.9 Å². The Kier molecular flexibility index (Phi) is 2.96. The van der Waals surface area contributed by atoms with Gasteiger partial charge in [0.15, 0.2) is 5.78 Å². The van der Waals surface area contributed by atoms with Gasteiger partial charge in [0.05, 0.1) is 24.7 Å². The summed E-state index contributed by atoms with van der Waals surface area (Å²) in [5, 5.41) is 0.606. The van der Waals surface area contributed by atoms with Crippen LogP contribution in [0.2, 0.25) is 5.02 Å². The lowest BCUT2D eigenvalue weighted by Crippen LogP contribution is -2.32. The predicted octanol–water partition coefficient (Wildman–Crippen LogP) is 2.61. The number of halogens is 1. The first-order valence-corrected chi connectivity index (χ1v) is 7.20. The van der Waals surface area contributed by atoms with E-state index in [0.29, 0.717) is 10.5 Å². The van der Waals surface area contributed by atoms with E-state index in [1.165, 1.54) is 25.1 Å². The van der Waals surface area contributed by atoms with Gasteiger partial charge in [0.2, 0.25) is 0 Å². The molecule has 0 radical (unpaired) electrons. The Morgan fingerprint density at radius 3 is 2.95 bits per heavy atom. The van der Waals surface area contributed by atoms with Crippen LogP contribution in [-0.2, 0) is 9.59 Å². The number of carbonyl (C=O) groups is 2. The number of fused-ring (bicyclic) bond motifs is 1. The molecule has 5 nitrogen and oxygen atoms in total. The zero-order valence-corrected chi connectivity index (χ0v) is 12.6. The summed E-state index contributed by atoms with van der Waals surface area (Å²) in [6.45, 7) is 1.49. The molecule has 1 fully saturated rings. The Hall–Kier alpha value is -2.01. The lowest BCUT2D eigenvalue weighted by atomic mass is 10.1. The molecule has 2 aromatic rings. The highest BCUT2D eigenvalue weighted by Gasteiger charge is 2.28. The number of Topliss-reactive ketones (excluding diaryl/α,β-unsaturated/α-hetero) is 2. The van der Waals surface area contributed by atoms with Gasteiger partial charge in [-0.3, -0.25) is 19.0 Å². The zero-order chi connectivity index (χ0) is 18.6. The minimum Gasteiger partial charge on any atom is -0.299 e. The van der Waals surface area contributed by atoms with Crippen LogP contribution < -0.4 is 5.56 Å². The number of ketones is 2. The van der Waals surface area contributed by atoms with Crippen molar-refractivity contribution in [3.63, 3.8) is 0 Å². The van der Waals surface area contributed by atoms with E-state index in [0.717, 1.165) is 4.57 Å². The first kappa shape index (κ1) is 11.5. The van der Waals surface area contributed by atoms with Gasteiger partial charge in [0.25, 0.3) is 5.56 Å². The normalized spacial score (nSPS) is 27.1. The number of hydrogen-bond donors (Lipinski definition) is 0. The molecule has 1 aliphatic rings. The van der Waals surface area contributed by atoms with Gasteiger partial charge in [-0.2, -0.15) is 0 Å². The number of carbonyl (C=O) groups excluding carboxylic acids is 2. The van der Waals surface area contributed by atoms with Gasteiger partial charge in [-0.15, -0.1) is 0 Å². The van der Waals surface area contributed by atoms with Crippen LogP contribution in [0, 0.1) is 6.92 Å². The molecule has 0 unspecified atom stereocenters. The molecule has 0 N–H and O–H groups in total. The van der Waals surface area contributed by atoms with Crippen LogP contribution in [0.3, 0.4) is 0 Å². The fourth-order valence-corrected chi connectivity index (χ4v) is 2.76. The van der Waals surface area contributed by atoms with E-state index in [2.05, 4.69) is 4.98 Å². The first-order valence-electron chi connectivity index (χ1n) is 8.32. The van der Waals surface area contributed by atoms with Crippen LogP contribution in [0.4, 0.5) is 0 Å². The summed E-state index contributed by atoms with van der Waals surface area (Å²) in [5.41, 5.74) is -0.236. The van der Waals surface area contributed by atoms with Crippen LogP contribution in [0.1, 0.15) is 41.6 Å². The summed E-state index contributed by atoms with van der Waals surface area (Å²) >= 11 is 5.91. The van der Waals surface area contributed by atoms with Crippen molar-refractivity contribution in [2.75, 3.05) is 0 Å². The van der Waals surface area contributed by atoms with Crippen molar-refractivity contribution in [3.05, 3.63) is 39.4 Å². The van der Waals surface area contributed by atoms with Crippen LogP contribution in [-0.4, -0.2) is 21.1 Å². The zero-order valence-electron chi connectivity index (χ0n) is 14.9. The second-order valence-corrected chi connectivity index (χ2v) is 5.54. The van der Waals surface area contributed by atoms with Crippen molar-refractivity contribution < 1.29 is 13.7 Å². The van der Waals surface area contributed by atoms with Crippen molar-refractivity contribution >= 4 is 34.1 Å². The van der Waals surface area contributed by atoms with Crippen molar-refractivity contribution in [1.29, 1.82) is 0 Å². The van der Waals surface area contributed by atoms with Gasteiger partial charge in [0.1, 0.15) is 11.6 Å². The summed E-state index contributed by atoms with van der Waals surface area (Å²) in [6.07, 6.45) is -3.51. The topological polar surface area (TPSA) is 69.0 Å². The van der Waals surface area contributed by atoms with Crippen LogP contribution in [0.5, 0.6) is 0 Å². The molecule has 0 amide bonds. The molecule has 1 aliphatic carbocycles. The van der Waals surface area contributed by atoms with Crippen molar-refractivity contribution in [2.24, 2.45) is 0 Å². The fraction of sp³-hybridized carbons (Fsp3) is 0.375. The highest BCUT2D eigenvalue weighted by atomic mass is 35.5. The van der Waals surface area contributed by atoms with E-state index in [1.54, 1.807) is 0 Å². The molecule has 1 heterocycles. The van der Waals surface area contributed by atoms with E-state index in [-0.39, 0.29) is 24.1 Å². The summed E-state index contributed by atoms with van der Waals surface area (Å²) in [5.74, 6) is -1.53. The minimum absolute atomic E-state index is 0.137. The minimum atomic E-state index is -2.19. The largest absolute Gasteiger partial charge is 0.299 e. The Morgan fingerprint density at radius 2 is 2.18 bits per heavy atom. The second kappa shape index (κ2) is 5.65. The number of rotatable bonds is 1. The second-order valence-electron chi connectivity index (χ2n) is 5.11. The summed E-state index contributed by atoms with van der Waals surface area (Å²) < 4.78 is 25.0. The Labute approximate surface area is 136 Å². The molecule has 6 heteroatoms. The quantitative estimate of drug-likeness (QED) is 0.598. The fourth-order valence-electron chi connectivity index (χ4n) is 2.59. The highest BCUT2D eigenvalue weighted by Crippen LogP contribution is 2.24. The third kappa shape index (κ3) is 2.57. The predicted molar refractivity (Wildman–Crippen MR) is 83.3 cm³/mol. The Balaban J connectivity index is 2.24. The maximum Gasteiger partial charge on any atom is 0.262 e. The molecule has 0 bridgehead atoms. The van der Waals surface area contributed by atoms with Gasteiger partial charge in [-0.25, -0.2) is 4.98 Å². The Bertz CT molecular complexity index is 973. The SMILES string of the molecule is [2H]C1([2H])CC[C@]([2H])(n2c(C)nc3cc(Cl)ccc3c2=O)C(=O)CC1=O. The van der Waals surface area contributed by atoms with Crippen LogP contribution in [0.25, 0.3) is 10.9 Å². The maximum absolute atomic E-state index is 12.9. The molecule has 3 rings (SSSR count). The molecule has 1 atom stereocenters. The van der Waals surface area contributed by atoms with E-state index >= 15 is 0 Å². The molecule has 1 aromatic carbocycles. The smallest absolute Gasteiger partial charge is 0.262 e. The molecule has 0 spiro atoms. The number of nitrogens with zero attached hydrogens (tertiary/aromatic N) is 2. The number of aryl methyl sites for hydroxylation is 1. The third-order valence-corrected chi connectivity index (χ3v) is 3.83. The molecule has 1 saturated carbocycles. The van der Waals surface area contributed by atoms with Crippen LogP contribution in [0.15, 0.2) is 23.0 Å². The third-order valence-electron chi connectivity index (χ3n) is 3.60. The number of benzene rings is 1. The Morgan fingerprint density at radius 1 is 1.41 bits per heavy atom. The van der Waals surface area contributed by atoms with Gasteiger partial charge in [0, 0.05) is 14.1 Å². The van der Waals surface area contributed by atoms with E-state index in [1.807, 2.05) is 0 Å².